The number of hydrogen-bond donors (Lipinski definition) is 5. The highest BCUT2D eigenvalue weighted by atomic mass is 32.2. The van der Waals surface area contributed by atoms with E-state index in [0.29, 0.717) is 13.1 Å². The Bertz CT molecular complexity index is 1490. The van der Waals surface area contributed by atoms with Gasteiger partial charge in [0.1, 0.15) is 28.7 Å². The second kappa shape index (κ2) is 9.11. The molecule has 1 unspecified atom stereocenters. The number of aromatic hydroxyl groups is 1. The van der Waals surface area contributed by atoms with E-state index >= 15 is 4.39 Å². The van der Waals surface area contributed by atoms with Crippen molar-refractivity contribution < 1.29 is 47.6 Å². The summed E-state index contributed by atoms with van der Waals surface area (Å²) in [6.07, 6.45) is 0.423. The minimum atomic E-state index is -3.35. The summed E-state index contributed by atoms with van der Waals surface area (Å²) in [6, 6.07) is 1.13. The monoisotopic (exact) mass is 565 g/mol. The minimum absolute atomic E-state index is 0.0380. The summed E-state index contributed by atoms with van der Waals surface area (Å²) in [4.78, 5) is 39.5. The van der Waals surface area contributed by atoms with Crippen LogP contribution in [0.3, 0.4) is 0 Å². The Balaban J connectivity index is 1.50. The van der Waals surface area contributed by atoms with E-state index in [2.05, 4.69) is 0 Å². The van der Waals surface area contributed by atoms with Crippen LogP contribution in [-0.2, 0) is 37.4 Å². The average Bonchev–Trinajstić information content (AvgIpc) is 2.84. The van der Waals surface area contributed by atoms with E-state index in [-0.39, 0.29) is 54.7 Å². The SMILES string of the molecule is CS(=O)(=O)N1CCN(Cc2cc(O)c3c(c2F)CC2C[C@H]4CC(=O)C(C(N)=O)=C(O)[C@@]4(O)C(=O)C2=C3O)CC1. The smallest absolute Gasteiger partial charge is 0.255 e. The number of phenols is 1. The number of piperazine rings is 1. The van der Waals surface area contributed by atoms with Gasteiger partial charge in [-0.2, -0.15) is 4.31 Å². The second-order valence-electron chi connectivity index (χ2n) is 10.6. The number of halogens is 1. The fourth-order valence-corrected chi connectivity index (χ4v) is 7.13. The predicted molar refractivity (Wildman–Crippen MR) is 133 cm³/mol. The number of carbonyl (C=O) groups excluding carboxylic acids is 3. The first-order valence-electron chi connectivity index (χ1n) is 12.3. The van der Waals surface area contributed by atoms with Gasteiger partial charge in [0, 0.05) is 61.8 Å². The Labute approximate surface area is 222 Å². The molecular weight excluding hydrogens is 537 g/mol. The molecule has 14 heteroatoms. The molecule has 1 saturated heterocycles. The largest absolute Gasteiger partial charge is 0.508 e. The normalized spacial score (nSPS) is 28.3. The molecule has 39 heavy (non-hydrogen) atoms. The summed E-state index contributed by atoms with van der Waals surface area (Å²) in [5.41, 5.74) is 1.03. The topological polar surface area (TPSA) is 199 Å². The van der Waals surface area contributed by atoms with Gasteiger partial charge >= 0.3 is 0 Å². The van der Waals surface area contributed by atoms with Crippen LogP contribution in [0.2, 0.25) is 0 Å². The molecule has 0 bridgehead atoms. The molecule has 210 valence electrons. The number of aliphatic hydroxyl groups is 3. The number of phenolic OH excluding ortho intramolecular Hbond substituents is 1. The number of aliphatic hydroxyl groups excluding tert-OH is 2. The lowest BCUT2D eigenvalue weighted by Gasteiger charge is -2.46. The van der Waals surface area contributed by atoms with Gasteiger partial charge < -0.3 is 26.2 Å². The molecule has 1 amide bonds. The van der Waals surface area contributed by atoms with Crippen molar-refractivity contribution in [3.8, 4) is 5.75 Å². The van der Waals surface area contributed by atoms with Crippen LogP contribution in [-0.4, -0.2) is 93.6 Å². The van der Waals surface area contributed by atoms with E-state index in [1.807, 2.05) is 4.90 Å². The lowest BCUT2D eigenvalue weighted by molar-refractivity contribution is -0.147. The molecule has 3 aliphatic carbocycles. The van der Waals surface area contributed by atoms with Crippen LogP contribution in [0.25, 0.3) is 5.76 Å². The molecule has 5 rings (SSSR count). The lowest BCUT2D eigenvalue weighted by Crippen LogP contribution is -2.58. The Morgan fingerprint density at radius 3 is 2.38 bits per heavy atom. The van der Waals surface area contributed by atoms with E-state index in [1.54, 1.807) is 0 Å². The summed E-state index contributed by atoms with van der Waals surface area (Å²) >= 11 is 0. The quantitative estimate of drug-likeness (QED) is 0.300. The number of amides is 1. The number of fused-ring (bicyclic) bond motifs is 3. The fraction of sp³-hybridized carbons (Fsp3) is 0.480. The van der Waals surface area contributed by atoms with Crippen molar-refractivity contribution in [1.29, 1.82) is 0 Å². The summed E-state index contributed by atoms with van der Waals surface area (Å²) in [5.74, 6) is -8.41. The molecular formula is C25H28FN3O9S. The number of ketones is 2. The third-order valence-corrected chi connectivity index (χ3v) is 9.57. The summed E-state index contributed by atoms with van der Waals surface area (Å²) in [7, 11) is -3.35. The molecule has 1 saturated carbocycles. The average molecular weight is 566 g/mol. The molecule has 0 radical (unpaired) electrons. The van der Waals surface area contributed by atoms with Gasteiger partial charge in [0.25, 0.3) is 5.91 Å². The molecule has 1 aromatic rings. The molecule has 1 aliphatic heterocycles. The van der Waals surface area contributed by atoms with Crippen molar-refractivity contribution in [2.75, 3.05) is 32.4 Å². The maximum Gasteiger partial charge on any atom is 0.255 e. The number of sulfonamides is 1. The summed E-state index contributed by atoms with van der Waals surface area (Å²) in [6.45, 7) is 1.22. The van der Waals surface area contributed by atoms with Gasteiger partial charge in [0.05, 0.1) is 11.8 Å². The van der Waals surface area contributed by atoms with Gasteiger partial charge in [-0.15, -0.1) is 0 Å². The third kappa shape index (κ3) is 4.13. The van der Waals surface area contributed by atoms with Crippen molar-refractivity contribution >= 4 is 33.3 Å². The number of rotatable bonds is 4. The number of Topliss-reactive ketones (excluding diaryl/α,β-unsaturated/α-hetero) is 2. The zero-order chi connectivity index (χ0) is 28.6. The number of nitrogens with zero attached hydrogens (tertiary/aromatic N) is 2. The van der Waals surface area contributed by atoms with Crippen LogP contribution in [0.5, 0.6) is 5.75 Å². The second-order valence-corrected chi connectivity index (χ2v) is 12.5. The number of benzene rings is 1. The van der Waals surface area contributed by atoms with Gasteiger partial charge in [0.15, 0.2) is 11.4 Å². The highest BCUT2D eigenvalue weighted by Gasteiger charge is 2.60. The number of carbonyl (C=O) groups is 3. The highest BCUT2D eigenvalue weighted by Crippen LogP contribution is 2.52. The van der Waals surface area contributed by atoms with E-state index in [1.165, 1.54) is 4.31 Å². The molecule has 1 aromatic carbocycles. The maximum atomic E-state index is 15.8. The zero-order valence-electron chi connectivity index (χ0n) is 21.0. The van der Waals surface area contributed by atoms with Gasteiger partial charge in [0.2, 0.25) is 15.8 Å². The summed E-state index contributed by atoms with van der Waals surface area (Å²) in [5, 5.41) is 43.7. The molecule has 4 aliphatic rings. The maximum absolute atomic E-state index is 15.8. The highest BCUT2D eigenvalue weighted by molar-refractivity contribution is 7.88. The van der Waals surface area contributed by atoms with E-state index in [9.17, 15) is 43.2 Å². The zero-order valence-corrected chi connectivity index (χ0v) is 21.8. The first-order valence-corrected chi connectivity index (χ1v) is 14.2. The Hall–Kier alpha value is -3.33. The van der Waals surface area contributed by atoms with E-state index in [0.717, 1.165) is 12.3 Å². The Kier molecular flexibility index (Phi) is 6.37. The van der Waals surface area contributed by atoms with Crippen molar-refractivity contribution in [1.82, 2.24) is 9.21 Å². The lowest BCUT2D eigenvalue weighted by atomic mass is 9.59. The molecule has 12 nitrogen and oxygen atoms in total. The molecule has 0 aromatic heterocycles. The minimum Gasteiger partial charge on any atom is -0.508 e. The third-order valence-electron chi connectivity index (χ3n) is 8.27. The summed E-state index contributed by atoms with van der Waals surface area (Å²) < 4.78 is 40.6. The number of nitrogens with two attached hydrogens (primary N) is 1. The molecule has 6 N–H and O–H groups in total. The first-order chi connectivity index (χ1) is 18.2. The fourth-order valence-electron chi connectivity index (χ4n) is 6.30. The number of primary amides is 1. The van der Waals surface area contributed by atoms with Crippen molar-refractivity contribution in [3.63, 3.8) is 0 Å². The molecule has 1 heterocycles. The van der Waals surface area contributed by atoms with Crippen molar-refractivity contribution in [2.24, 2.45) is 17.6 Å². The Morgan fingerprint density at radius 1 is 1.15 bits per heavy atom. The van der Waals surface area contributed by atoms with Crippen LogP contribution in [0, 0.1) is 17.7 Å². The van der Waals surface area contributed by atoms with Crippen LogP contribution >= 0.6 is 0 Å². The van der Waals surface area contributed by atoms with Gasteiger partial charge in [-0.25, -0.2) is 12.8 Å². The van der Waals surface area contributed by atoms with Crippen molar-refractivity contribution in [3.05, 3.63) is 45.5 Å². The predicted octanol–water partition coefficient (Wildman–Crippen LogP) is -0.360. The van der Waals surface area contributed by atoms with Gasteiger partial charge in [-0.1, -0.05) is 0 Å². The van der Waals surface area contributed by atoms with Crippen LogP contribution in [0.15, 0.2) is 23.0 Å². The first kappa shape index (κ1) is 27.2. The number of hydrogen-bond acceptors (Lipinski definition) is 10. The van der Waals surface area contributed by atoms with Crippen molar-refractivity contribution in [2.45, 2.75) is 31.4 Å². The van der Waals surface area contributed by atoms with E-state index < -0.39 is 80.0 Å². The van der Waals surface area contributed by atoms with Crippen LogP contribution in [0.4, 0.5) is 4.39 Å². The van der Waals surface area contributed by atoms with E-state index in [4.69, 9.17) is 5.73 Å². The molecule has 3 atom stereocenters. The molecule has 2 fully saturated rings. The standard InChI is InChI=1S/C25H28FN3O9S/c1-39(37,38)29-4-2-28(3-5-29)10-12-8-15(30)18-14(20(12)26)7-11-6-13-9-16(31)19(24(27)35)23(34)25(13,36)22(33)17(11)21(18)32/h8,11,13,30,32,34,36H,2-7,9-10H2,1H3,(H2,27,35)/t11?,13-,25-/m0/s1. The van der Waals surface area contributed by atoms with Gasteiger partial charge in [-0.05, 0) is 24.8 Å². The van der Waals surface area contributed by atoms with Crippen LogP contribution < -0.4 is 5.73 Å². The van der Waals surface area contributed by atoms with Crippen LogP contribution in [0.1, 0.15) is 29.5 Å². The molecule has 0 spiro atoms. The Morgan fingerprint density at radius 2 is 1.79 bits per heavy atom. The van der Waals surface area contributed by atoms with Gasteiger partial charge in [-0.3, -0.25) is 19.3 Å².